The number of hydrogen-bond donors (Lipinski definition) is 0. The molecule has 2 rings (SSSR count). The number of nitrogens with zero attached hydrogens (tertiary/aromatic N) is 1. The summed E-state index contributed by atoms with van der Waals surface area (Å²) in [6.07, 6.45) is 7.98. The molecule has 0 N–H and O–H groups in total. The van der Waals surface area contributed by atoms with Gasteiger partial charge < -0.3 is 0 Å². The molecule has 0 aliphatic heterocycles. The summed E-state index contributed by atoms with van der Waals surface area (Å²) in [4.78, 5) is 14.1. The molecule has 0 heterocycles. The Kier molecular flexibility index (Phi) is 4.95. The second kappa shape index (κ2) is 7.12. The molecule has 0 aliphatic carbocycles. The van der Waals surface area contributed by atoms with Crippen molar-refractivity contribution in [3.8, 4) is 12.5 Å². The molecule has 2 nitrogen and oxygen atoms in total. The summed E-state index contributed by atoms with van der Waals surface area (Å²) in [5.74, 6) is -0.172. The molecule has 0 fully saturated rings. The maximum absolute atomic E-state index is 12.6. The number of amides is 1. The van der Waals surface area contributed by atoms with E-state index in [1.54, 1.807) is 18.2 Å². The molecule has 0 bridgehead atoms. The normalized spacial score (nSPS) is 11.2. The van der Waals surface area contributed by atoms with Gasteiger partial charge in [-0.3, -0.25) is 9.69 Å². The third-order valence-electron chi connectivity index (χ3n) is 3.26. The largest absolute Gasteiger partial charge is 0.268 e. The predicted octanol–water partition coefficient (Wildman–Crippen LogP) is 4.04. The first-order valence-electron chi connectivity index (χ1n) is 6.78. The summed E-state index contributed by atoms with van der Waals surface area (Å²) in [7, 11) is 0. The second-order valence-electron chi connectivity index (χ2n) is 4.62. The summed E-state index contributed by atoms with van der Waals surface area (Å²) in [5, 5.41) is 0. The van der Waals surface area contributed by atoms with Gasteiger partial charge in [0.05, 0.1) is 6.04 Å². The van der Waals surface area contributed by atoms with E-state index in [4.69, 9.17) is 6.42 Å². The maximum Gasteiger partial charge on any atom is 0.265 e. The number of rotatable bonds is 5. The zero-order valence-electron chi connectivity index (χ0n) is 11.8. The van der Waals surface area contributed by atoms with Gasteiger partial charge in [0.2, 0.25) is 0 Å². The Morgan fingerprint density at radius 3 is 2.24 bits per heavy atom. The van der Waals surface area contributed by atoms with Crippen LogP contribution in [0.5, 0.6) is 0 Å². The summed E-state index contributed by atoms with van der Waals surface area (Å²) in [6.45, 7) is 3.77. The topological polar surface area (TPSA) is 20.3 Å². The molecule has 1 unspecified atom stereocenters. The fourth-order valence-corrected chi connectivity index (χ4v) is 2.23. The van der Waals surface area contributed by atoms with Crippen LogP contribution in [0.4, 0.5) is 0 Å². The first-order chi connectivity index (χ1) is 10.3. The van der Waals surface area contributed by atoms with Crippen molar-refractivity contribution in [2.75, 3.05) is 0 Å². The van der Waals surface area contributed by atoms with Crippen LogP contribution in [-0.2, 0) is 0 Å². The minimum Gasteiger partial charge on any atom is -0.268 e. The van der Waals surface area contributed by atoms with Crippen LogP contribution < -0.4 is 0 Å². The minimum atomic E-state index is -0.207. The Morgan fingerprint density at radius 2 is 1.71 bits per heavy atom. The smallest absolute Gasteiger partial charge is 0.265 e. The third-order valence-corrected chi connectivity index (χ3v) is 3.26. The Morgan fingerprint density at radius 1 is 1.14 bits per heavy atom. The Balaban J connectivity index is 2.35. The quantitative estimate of drug-likeness (QED) is 0.458. The maximum atomic E-state index is 12.6. The fraction of sp³-hybridized carbons (Fsp3) is 0.105. The molecule has 21 heavy (non-hydrogen) atoms. The highest BCUT2D eigenvalue weighted by Gasteiger charge is 2.23. The minimum absolute atomic E-state index is 0.172. The van der Waals surface area contributed by atoms with Gasteiger partial charge in [-0.2, -0.15) is 0 Å². The van der Waals surface area contributed by atoms with Gasteiger partial charge in [0.25, 0.3) is 5.91 Å². The highest BCUT2D eigenvalue weighted by atomic mass is 16.2. The van der Waals surface area contributed by atoms with Crippen LogP contribution >= 0.6 is 0 Å². The van der Waals surface area contributed by atoms with Gasteiger partial charge in [0.1, 0.15) is 0 Å². The van der Waals surface area contributed by atoms with Gasteiger partial charge in [-0.15, -0.1) is 6.58 Å². The van der Waals surface area contributed by atoms with E-state index >= 15 is 0 Å². The standard InChI is InChI=1S/C19H17NO/c1-3-11-18(16-12-7-5-8-13-16)20(4-2)19(21)17-14-9-6-10-15-17/h2-3,5-10,12-15,18H,1,11H2. The van der Waals surface area contributed by atoms with E-state index in [9.17, 15) is 4.79 Å². The van der Waals surface area contributed by atoms with Gasteiger partial charge in [-0.25, -0.2) is 0 Å². The van der Waals surface area contributed by atoms with Crippen molar-refractivity contribution in [2.24, 2.45) is 0 Å². The Labute approximate surface area is 125 Å². The number of carbonyl (C=O) groups is 1. The second-order valence-corrected chi connectivity index (χ2v) is 4.62. The monoisotopic (exact) mass is 275 g/mol. The highest BCUT2D eigenvalue weighted by Crippen LogP contribution is 2.25. The van der Waals surface area contributed by atoms with Crippen molar-refractivity contribution in [3.63, 3.8) is 0 Å². The van der Waals surface area contributed by atoms with E-state index in [0.29, 0.717) is 12.0 Å². The average molecular weight is 275 g/mol. The van der Waals surface area contributed by atoms with E-state index < -0.39 is 0 Å². The van der Waals surface area contributed by atoms with Crippen molar-refractivity contribution in [3.05, 3.63) is 84.4 Å². The fourth-order valence-electron chi connectivity index (χ4n) is 2.23. The SMILES string of the molecule is C#CN(C(=O)c1ccccc1)C(CC=C)c1ccccc1. The molecule has 2 aromatic rings. The van der Waals surface area contributed by atoms with Crippen molar-refractivity contribution in [2.45, 2.75) is 12.5 Å². The van der Waals surface area contributed by atoms with Gasteiger partial charge in [-0.05, 0) is 24.1 Å². The molecule has 0 spiro atoms. The Bertz CT molecular complexity index is 640. The zero-order valence-corrected chi connectivity index (χ0v) is 11.8. The molecule has 1 atom stereocenters. The molecule has 0 saturated heterocycles. The van der Waals surface area contributed by atoms with Crippen LogP contribution in [-0.4, -0.2) is 10.8 Å². The summed E-state index contributed by atoms with van der Waals surface area (Å²) in [6, 6.07) is 21.1. The number of hydrogen-bond acceptors (Lipinski definition) is 1. The van der Waals surface area contributed by atoms with Gasteiger partial charge in [0, 0.05) is 11.6 Å². The average Bonchev–Trinajstić information content (AvgIpc) is 2.56. The molecule has 2 aromatic carbocycles. The van der Waals surface area contributed by atoms with Crippen molar-refractivity contribution in [1.29, 1.82) is 0 Å². The van der Waals surface area contributed by atoms with E-state index in [1.807, 2.05) is 48.5 Å². The molecule has 0 radical (unpaired) electrons. The first kappa shape index (κ1) is 14.6. The number of terminal acetylenes is 1. The number of carbonyl (C=O) groups excluding carboxylic acids is 1. The summed E-state index contributed by atoms with van der Waals surface area (Å²) >= 11 is 0. The molecular formula is C19H17NO. The van der Waals surface area contributed by atoms with E-state index in [1.165, 1.54) is 4.90 Å². The summed E-state index contributed by atoms with van der Waals surface area (Å²) in [5.41, 5.74) is 1.58. The molecule has 0 aromatic heterocycles. The lowest BCUT2D eigenvalue weighted by molar-refractivity contribution is 0.0785. The zero-order chi connectivity index (χ0) is 15.1. The van der Waals surface area contributed by atoms with Gasteiger partial charge >= 0.3 is 0 Å². The molecule has 1 amide bonds. The van der Waals surface area contributed by atoms with Crippen LogP contribution in [0, 0.1) is 12.5 Å². The van der Waals surface area contributed by atoms with Crippen LogP contribution in [0.15, 0.2) is 73.3 Å². The van der Waals surface area contributed by atoms with Crippen molar-refractivity contribution in [1.82, 2.24) is 4.90 Å². The first-order valence-corrected chi connectivity index (χ1v) is 6.78. The molecule has 0 saturated carbocycles. The van der Waals surface area contributed by atoms with E-state index in [0.717, 1.165) is 5.56 Å². The van der Waals surface area contributed by atoms with Crippen LogP contribution in [0.25, 0.3) is 0 Å². The molecule has 2 heteroatoms. The lowest BCUT2D eigenvalue weighted by Crippen LogP contribution is -2.30. The number of benzene rings is 2. The van der Waals surface area contributed by atoms with E-state index in [2.05, 4.69) is 12.6 Å². The van der Waals surface area contributed by atoms with Crippen LogP contribution in [0.3, 0.4) is 0 Å². The van der Waals surface area contributed by atoms with Crippen molar-refractivity contribution < 1.29 is 4.79 Å². The highest BCUT2D eigenvalue weighted by molar-refractivity contribution is 5.95. The van der Waals surface area contributed by atoms with Crippen molar-refractivity contribution >= 4 is 5.91 Å². The van der Waals surface area contributed by atoms with Gasteiger partial charge in [0.15, 0.2) is 0 Å². The lowest BCUT2D eigenvalue weighted by Gasteiger charge is -2.26. The third kappa shape index (κ3) is 3.40. The Hall–Kier alpha value is -2.79. The molecular weight excluding hydrogens is 258 g/mol. The predicted molar refractivity (Wildman–Crippen MR) is 85.4 cm³/mol. The van der Waals surface area contributed by atoms with Crippen LogP contribution in [0.2, 0.25) is 0 Å². The van der Waals surface area contributed by atoms with Crippen LogP contribution in [0.1, 0.15) is 28.4 Å². The van der Waals surface area contributed by atoms with E-state index in [-0.39, 0.29) is 11.9 Å². The molecule has 0 aliphatic rings. The summed E-state index contributed by atoms with van der Waals surface area (Å²) < 4.78 is 0. The molecule has 104 valence electrons. The lowest BCUT2D eigenvalue weighted by atomic mass is 10.0. The van der Waals surface area contributed by atoms with Gasteiger partial charge in [-0.1, -0.05) is 61.0 Å².